The fourth-order valence-electron chi connectivity index (χ4n) is 3.46. The van der Waals surface area contributed by atoms with Gasteiger partial charge < -0.3 is 14.5 Å². The lowest BCUT2D eigenvalue weighted by molar-refractivity contribution is -0.131. The van der Waals surface area contributed by atoms with Gasteiger partial charge in [-0.2, -0.15) is 0 Å². The molecule has 6 heteroatoms. The van der Waals surface area contributed by atoms with Gasteiger partial charge in [0.2, 0.25) is 5.91 Å². The zero-order valence-corrected chi connectivity index (χ0v) is 16.8. The van der Waals surface area contributed by atoms with Gasteiger partial charge in [-0.3, -0.25) is 9.59 Å². The highest BCUT2D eigenvalue weighted by Gasteiger charge is 2.22. The third kappa shape index (κ3) is 5.79. The number of carbonyl (C=O) groups excluding carboxylic acids is 2. The highest BCUT2D eigenvalue weighted by Crippen LogP contribution is 2.17. The second-order valence-corrected chi connectivity index (χ2v) is 7.25. The molecule has 0 unspecified atom stereocenters. The summed E-state index contributed by atoms with van der Waals surface area (Å²) in [7, 11) is 0. The standard InChI is InChI=1S/C23H27FN2O3/c1-18-7-2-3-10-21(18)29-16-5-11-22(27)25-12-6-13-26(15-14-25)23(28)19-8-4-9-20(24)17-19/h2-4,7-10,17H,5-6,11-16H2,1H3. The molecule has 0 aromatic heterocycles. The fraction of sp³-hybridized carbons (Fsp3) is 0.391. The van der Waals surface area contributed by atoms with Crippen LogP contribution in [0.25, 0.3) is 0 Å². The molecule has 2 aromatic carbocycles. The number of ether oxygens (including phenoxy) is 1. The SMILES string of the molecule is Cc1ccccc1OCCCC(=O)N1CCCN(C(=O)c2cccc(F)c2)CC1. The van der Waals surface area contributed by atoms with Crippen LogP contribution in [0, 0.1) is 12.7 Å². The lowest BCUT2D eigenvalue weighted by Crippen LogP contribution is -2.37. The predicted octanol–water partition coefficient (Wildman–Crippen LogP) is 3.67. The minimum Gasteiger partial charge on any atom is -0.493 e. The van der Waals surface area contributed by atoms with E-state index in [9.17, 15) is 14.0 Å². The van der Waals surface area contributed by atoms with Crippen LogP contribution in [0.3, 0.4) is 0 Å². The molecule has 1 aliphatic heterocycles. The summed E-state index contributed by atoms with van der Waals surface area (Å²) in [5.74, 6) is 0.320. The highest BCUT2D eigenvalue weighted by atomic mass is 19.1. The van der Waals surface area contributed by atoms with Crippen molar-refractivity contribution in [3.8, 4) is 5.75 Å². The van der Waals surface area contributed by atoms with Crippen molar-refractivity contribution < 1.29 is 18.7 Å². The van der Waals surface area contributed by atoms with Gasteiger partial charge in [0, 0.05) is 38.2 Å². The molecule has 0 spiro atoms. The Morgan fingerprint density at radius 3 is 2.55 bits per heavy atom. The van der Waals surface area contributed by atoms with Gasteiger partial charge >= 0.3 is 0 Å². The van der Waals surface area contributed by atoms with Gasteiger partial charge in [0.1, 0.15) is 11.6 Å². The molecule has 0 aliphatic carbocycles. The van der Waals surface area contributed by atoms with E-state index in [0.717, 1.165) is 11.3 Å². The van der Waals surface area contributed by atoms with E-state index in [1.165, 1.54) is 18.2 Å². The second kappa shape index (κ2) is 10.0. The van der Waals surface area contributed by atoms with Crippen LogP contribution in [0.4, 0.5) is 4.39 Å². The van der Waals surface area contributed by atoms with E-state index in [-0.39, 0.29) is 11.8 Å². The monoisotopic (exact) mass is 398 g/mol. The van der Waals surface area contributed by atoms with Gasteiger partial charge in [-0.1, -0.05) is 24.3 Å². The maximum absolute atomic E-state index is 13.4. The van der Waals surface area contributed by atoms with E-state index < -0.39 is 5.82 Å². The summed E-state index contributed by atoms with van der Waals surface area (Å²) in [4.78, 5) is 28.6. The Morgan fingerprint density at radius 2 is 1.76 bits per heavy atom. The van der Waals surface area contributed by atoms with Crippen molar-refractivity contribution in [2.75, 3.05) is 32.8 Å². The van der Waals surface area contributed by atoms with Crippen LogP contribution >= 0.6 is 0 Å². The van der Waals surface area contributed by atoms with Crippen LogP contribution < -0.4 is 4.74 Å². The topological polar surface area (TPSA) is 49.9 Å². The van der Waals surface area contributed by atoms with Crippen LogP contribution in [0.2, 0.25) is 0 Å². The first kappa shape index (κ1) is 20.8. The maximum Gasteiger partial charge on any atom is 0.254 e. The normalized spacial score (nSPS) is 14.4. The van der Waals surface area contributed by atoms with E-state index in [2.05, 4.69) is 0 Å². The number of rotatable bonds is 6. The fourth-order valence-corrected chi connectivity index (χ4v) is 3.46. The Labute approximate surface area is 171 Å². The van der Waals surface area contributed by atoms with E-state index >= 15 is 0 Å². The lowest BCUT2D eigenvalue weighted by atomic mass is 10.2. The number of halogens is 1. The Balaban J connectivity index is 1.44. The third-order valence-electron chi connectivity index (χ3n) is 5.09. The number of hydrogen-bond acceptors (Lipinski definition) is 3. The van der Waals surface area contributed by atoms with Crippen molar-refractivity contribution in [2.24, 2.45) is 0 Å². The van der Waals surface area contributed by atoms with Gasteiger partial charge in [-0.05, 0) is 49.6 Å². The molecule has 1 saturated heterocycles. The number of hydrogen-bond donors (Lipinski definition) is 0. The van der Waals surface area contributed by atoms with Crippen LogP contribution in [0.1, 0.15) is 35.2 Å². The smallest absolute Gasteiger partial charge is 0.254 e. The third-order valence-corrected chi connectivity index (χ3v) is 5.09. The van der Waals surface area contributed by atoms with Gasteiger partial charge in [0.25, 0.3) is 5.91 Å². The second-order valence-electron chi connectivity index (χ2n) is 7.25. The summed E-state index contributed by atoms with van der Waals surface area (Å²) in [5, 5.41) is 0. The molecular weight excluding hydrogens is 371 g/mol. The zero-order chi connectivity index (χ0) is 20.6. The summed E-state index contributed by atoms with van der Waals surface area (Å²) in [6.07, 6.45) is 1.78. The molecule has 2 amide bonds. The van der Waals surface area contributed by atoms with Gasteiger partial charge in [-0.25, -0.2) is 4.39 Å². The minimum absolute atomic E-state index is 0.0819. The van der Waals surface area contributed by atoms with Crippen molar-refractivity contribution in [2.45, 2.75) is 26.2 Å². The molecule has 2 aromatic rings. The van der Waals surface area contributed by atoms with E-state index in [1.807, 2.05) is 36.1 Å². The maximum atomic E-state index is 13.4. The molecule has 0 atom stereocenters. The lowest BCUT2D eigenvalue weighted by Gasteiger charge is -2.22. The highest BCUT2D eigenvalue weighted by molar-refractivity contribution is 5.94. The number of amides is 2. The summed E-state index contributed by atoms with van der Waals surface area (Å²) in [6.45, 7) is 4.64. The Morgan fingerprint density at radius 1 is 1.00 bits per heavy atom. The first-order chi connectivity index (χ1) is 14.0. The van der Waals surface area contributed by atoms with Crippen molar-refractivity contribution in [3.05, 3.63) is 65.5 Å². The zero-order valence-electron chi connectivity index (χ0n) is 16.8. The van der Waals surface area contributed by atoms with Crippen molar-refractivity contribution in [3.63, 3.8) is 0 Å². The number of nitrogens with zero attached hydrogens (tertiary/aromatic N) is 2. The van der Waals surface area contributed by atoms with Crippen LogP contribution in [-0.2, 0) is 4.79 Å². The van der Waals surface area contributed by atoms with Crippen LogP contribution in [0.15, 0.2) is 48.5 Å². The molecule has 3 rings (SSSR count). The molecule has 0 N–H and O–H groups in total. The molecule has 29 heavy (non-hydrogen) atoms. The van der Waals surface area contributed by atoms with Crippen molar-refractivity contribution >= 4 is 11.8 Å². The van der Waals surface area contributed by atoms with Crippen molar-refractivity contribution in [1.82, 2.24) is 9.80 Å². The van der Waals surface area contributed by atoms with E-state index in [4.69, 9.17) is 4.74 Å². The molecule has 5 nitrogen and oxygen atoms in total. The first-order valence-electron chi connectivity index (χ1n) is 10.1. The summed E-state index contributed by atoms with van der Waals surface area (Å²) in [6, 6.07) is 13.6. The quantitative estimate of drug-likeness (QED) is 0.698. The average molecular weight is 398 g/mol. The number of carbonyl (C=O) groups is 2. The number of aryl methyl sites for hydroxylation is 1. The van der Waals surface area contributed by atoms with Crippen LogP contribution in [-0.4, -0.2) is 54.4 Å². The van der Waals surface area contributed by atoms with E-state index in [1.54, 1.807) is 11.0 Å². The predicted molar refractivity (Wildman–Crippen MR) is 109 cm³/mol. The minimum atomic E-state index is -0.421. The molecule has 1 fully saturated rings. The van der Waals surface area contributed by atoms with Gasteiger partial charge in [0.05, 0.1) is 6.61 Å². The molecule has 0 radical (unpaired) electrons. The Bertz CT molecular complexity index is 856. The molecule has 0 saturated carbocycles. The summed E-state index contributed by atoms with van der Waals surface area (Å²) < 4.78 is 19.1. The van der Waals surface area contributed by atoms with Crippen molar-refractivity contribution in [1.29, 1.82) is 0 Å². The van der Waals surface area contributed by atoms with Crippen LogP contribution in [0.5, 0.6) is 5.75 Å². The van der Waals surface area contributed by atoms with E-state index in [0.29, 0.717) is 57.6 Å². The number of para-hydroxylation sites is 1. The Kier molecular flexibility index (Phi) is 7.22. The summed E-state index contributed by atoms with van der Waals surface area (Å²) in [5.41, 5.74) is 1.42. The number of benzene rings is 2. The molecular formula is C23H27FN2O3. The average Bonchev–Trinajstić information content (AvgIpc) is 2.98. The first-order valence-corrected chi connectivity index (χ1v) is 10.1. The molecule has 1 heterocycles. The molecule has 1 aliphatic rings. The Hall–Kier alpha value is -2.89. The van der Waals surface area contributed by atoms with Gasteiger partial charge in [-0.15, -0.1) is 0 Å². The molecule has 154 valence electrons. The largest absolute Gasteiger partial charge is 0.493 e. The summed E-state index contributed by atoms with van der Waals surface area (Å²) >= 11 is 0. The van der Waals surface area contributed by atoms with Gasteiger partial charge in [0.15, 0.2) is 0 Å². The molecule has 0 bridgehead atoms.